The minimum atomic E-state index is -0.180. The van der Waals surface area contributed by atoms with E-state index < -0.39 is 0 Å². The van der Waals surface area contributed by atoms with Crippen molar-refractivity contribution < 1.29 is 5.11 Å². The molecule has 1 saturated heterocycles. The van der Waals surface area contributed by atoms with Crippen LogP contribution in [0.2, 0.25) is 0 Å². The second kappa shape index (κ2) is 5.31. The van der Waals surface area contributed by atoms with Gasteiger partial charge in [0.1, 0.15) is 0 Å². The van der Waals surface area contributed by atoms with Gasteiger partial charge < -0.3 is 5.11 Å². The molecular formula is C13H27NO. The second-order valence-electron chi connectivity index (χ2n) is 5.55. The third kappa shape index (κ3) is 2.94. The lowest BCUT2D eigenvalue weighted by atomic mass is 9.85. The molecule has 0 spiro atoms. The van der Waals surface area contributed by atoms with Crippen LogP contribution in [0.4, 0.5) is 0 Å². The SMILES string of the molecule is CCC(C)(C(O)CC(C)C)N1CCCC1. The highest BCUT2D eigenvalue weighted by Gasteiger charge is 2.38. The molecule has 2 atom stereocenters. The summed E-state index contributed by atoms with van der Waals surface area (Å²) in [5.41, 5.74) is 0.000764. The molecule has 2 nitrogen and oxygen atoms in total. The topological polar surface area (TPSA) is 23.5 Å². The number of rotatable bonds is 5. The molecule has 1 fully saturated rings. The highest BCUT2D eigenvalue weighted by atomic mass is 16.3. The fourth-order valence-corrected chi connectivity index (χ4v) is 2.60. The van der Waals surface area contributed by atoms with Crippen molar-refractivity contribution in [1.29, 1.82) is 0 Å². The Morgan fingerprint density at radius 2 is 1.80 bits per heavy atom. The number of hydrogen-bond acceptors (Lipinski definition) is 2. The number of aliphatic hydroxyl groups excluding tert-OH is 1. The van der Waals surface area contributed by atoms with Crippen molar-refractivity contribution in [2.24, 2.45) is 5.92 Å². The van der Waals surface area contributed by atoms with Crippen molar-refractivity contribution in [3.63, 3.8) is 0 Å². The summed E-state index contributed by atoms with van der Waals surface area (Å²) in [7, 11) is 0. The molecule has 1 N–H and O–H groups in total. The van der Waals surface area contributed by atoms with Crippen molar-refractivity contribution in [1.82, 2.24) is 4.90 Å². The summed E-state index contributed by atoms with van der Waals surface area (Å²) in [4.78, 5) is 2.49. The van der Waals surface area contributed by atoms with Crippen LogP contribution >= 0.6 is 0 Å². The van der Waals surface area contributed by atoms with Gasteiger partial charge in [0.25, 0.3) is 0 Å². The van der Waals surface area contributed by atoms with E-state index in [4.69, 9.17) is 0 Å². The molecule has 0 aliphatic carbocycles. The standard InChI is InChI=1S/C13H27NO/c1-5-13(4,12(15)10-11(2)3)14-8-6-7-9-14/h11-12,15H,5-10H2,1-4H3. The van der Waals surface area contributed by atoms with Crippen LogP contribution in [0.15, 0.2) is 0 Å². The average molecular weight is 213 g/mol. The van der Waals surface area contributed by atoms with E-state index in [0.29, 0.717) is 5.92 Å². The zero-order chi connectivity index (χ0) is 11.5. The first-order valence-electron chi connectivity index (χ1n) is 6.43. The van der Waals surface area contributed by atoms with Crippen molar-refractivity contribution in [2.45, 2.75) is 65.0 Å². The third-order valence-electron chi connectivity index (χ3n) is 3.96. The lowest BCUT2D eigenvalue weighted by molar-refractivity contribution is -0.0227. The van der Waals surface area contributed by atoms with Gasteiger partial charge in [-0.3, -0.25) is 4.90 Å². The van der Waals surface area contributed by atoms with E-state index in [1.165, 1.54) is 25.9 Å². The molecule has 1 heterocycles. The lowest BCUT2D eigenvalue weighted by Crippen LogP contribution is -2.53. The van der Waals surface area contributed by atoms with Gasteiger partial charge in [-0.2, -0.15) is 0 Å². The molecule has 0 aromatic carbocycles. The zero-order valence-electron chi connectivity index (χ0n) is 10.8. The van der Waals surface area contributed by atoms with Gasteiger partial charge in [-0.05, 0) is 51.6 Å². The van der Waals surface area contributed by atoms with Crippen LogP contribution in [-0.4, -0.2) is 34.7 Å². The van der Waals surface area contributed by atoms with Gasteiger partial charge in [0.2, 0.25) is 0 Å². The van der Waals surface area contributed by atoms with Gasteiger partial charge in [-0.1, -0.05) is 20.8 Å². The first kappa shape index (κ1) is 13.0. The Morgan fingerprint density at radius 3 is 2.20 bits per heavy atom. The van der Waals surface area contributed by atoms with E-state index in [0.717, 1.165) is 12.8 Å². The van der Waals surface area contributed by atoms with Gasteiger partial charge >= 0.3 is 0 Å². The maximum atomic E-state index is 10.4. The van der Waals surface area contributed by atoms with Crippen molar-refractivity contribution in [3.8, 4) is 0 Å². The summed E-state index contributed by atoms with van der Waals surface area (Å²) in [6.45, 7) is 11.1. The molecule has 1 aliphatic heterocycles. The van der Waals surface area contributed by atoms with E-state index in [-0.39, 0.29) is 11.6 Å². The van der Waals surface area contributed by atoms with Crippen LogP contribution in [-0.2, 0) is 0 Å². The third-order valence-corrected chi connectivity index (χ3v) is 3.96. The summed E-state index contributed by atoms with van der Waals surface area (Å²) in [5, 5.41) is 10.4. The molecule has 0 aromatic heterocycles. The summed E-state index contributed by atoms with van der Waals surface area (Å²) >= 11 is 0. The first-order valence-corrected chi connectivity index (χ1v) is 6.43. The Kier molecular flexibility index (Phi) is 4.60. The average Bonchev–Trinajstić information content (AvgIpc) is 2.68. The number of aliphatic hydroxyl groups is 1. The lowest BCUT2D eigenvalue weighted by Gasteiger charge is -2.42. The minimum absolute atomic E-state index is 0.000764. The quantitative estimate of drug-likeness (QED) is 0.759. The van der Waals surface area contributed by atoms with Crippen molar-refractivity contribution >= 4 is 0 Å². The van der Waals surface area contributed by atoms with Gasteiger partial charge in [0.05, 0.1) is 6.10 Å². The van der Waals surface area contributed by atoms with Crippen LogP contribution in [0.1, 0.15) is 53.4 Å². The summed E-state index contributed by atoms with van der Waals surface area (Å²) < 4.78 is 0. The predicted molar refractivity (Wildman–Crippen MR) is 65.0 cm³/mol. The molecule has 0 aromatic rings. The minimum Gasteiger partial charge on any atom is -0.391 e. The monoisotopic (exact) mass is 213 g/mol. The van der Waals surface area contributed by atoms with Crippen LogP contribution in [0.3, 0.4) is 0 Å². The predicted octanol–water partition coefficient (Wildman–Crippen LogP) is 2.66. The molecule has 0 bridgehead atoms. The molecule has 0 radical (unpaired) electrons. The van der Waals surface area contributed by atoms with E-state index in [9.17, 15) is 5.11 Å². The Labute approximate surface area is 94.7 Å². The van der Waals surface area contributed by atoms with E-state index in [2.05, 4.69) is 32.6 Å². The van der Waals surface area contributed by atoms with Crippen molar-refractivity contribution in [3.05, 3.63) is 0 Å². The summed E-state index contributed by atoms with van der Waals surface area (Å²) in [6, 6.07) is 0. The summed E-state index contributed by atoms with van der Waals surface area (Å²) in [6.07, 6.45) is 4.37. The molecule has 1 rings (SSSR count). The number of hydrogen-bond donors (Lipinski definition) is 1. The first-order chi connectivity index (χ1) is 7.00. The molecule has 90 valence electrons. The molecule has 0 saturated carbocycles. The fraction of sp³-hybridized carbons (Fsp3) is 1.00. The molecule has 2 unspecified atom stereocenters. The molecule has 15 heavy (non-hydrogen) atoms. The van der Waals surface area contributed by atoms with Crippen LogP contribution in [0.25, 0.3) is 0 Å². The Morgan fingerprint density at radius 1 is 1.27 bits per heavy atom. The molecule has 1 aliphatic rings. The maximum Gasteiger partial charge on any atom is 0.0723 e. The normalized spacial score (nSPS) is 24.4. The largest absolute Gasteiger partial charge is 0.391 e. The maximum absolute atomic E-state index is 10.4. The van der Waals surface area contributed by atoms with Crippen LogP contribution in [0, 0.1) is 5.92 Å². The molecule has 2 heteroatoms. The van der Waals surface area contributed by atoms with E-state index in [1.807, 2.05) is 0 Å². The molecular weight excluding hydrogens is 186 g/mol. The van der Waals surface area contributed by atoms with E-state index >= 15 is 0 Å². The van der Waals surface area contributed by atoms with Crippen LogP contribution in [0.5, 0.6) is 0 Å². The summed E-state index contributed by atoms with van der Waals surface area (Å²) in [5.74, 6) is 0.577. The smallest absolute Gasteiger partial charge is 0.0723 e. The van der Waals surface area contributed by atoms with Crippen molar-refractivity contribution in [2.75, 3.05) is 13.1 Å². The number of likely N-dealkylation sites (tertiary alicyclic amines) is 1. The fourth-order valence-electron chi connectivity index (χ4n) is 2.60. The van der Waals surface area contributed by atoms with Gasteiger partial charge in [0, 0.05) is 5.54 Å². The van der Waals surface area contributed by atoms with Gasteiger partial charge in [-0.25, -0.2) is 0 Å². The highest BCUT2D eigenvalue weighted by molar-refractivity contribution is 4.94. The second-order valence-corrected chi connectivity index (χ2v) is 5.55. The molecule has 0 amide bonds. The Bertz CT molecular complexity index is 187. The Hall–Kier alpha value is -0.0800. The van der Waals surface area contributed by atoms with Gasteiger partial charge in [-0.15, -0.1) is 0 Å². The van der Waals surface area contributed by atoms with Gasteiger partial charge in [0.15, 0.2) is 0 Å². The zero-order valence-corrected chi connectivity index (χ0v) is 10.8. The number of nitrogens with zero attached hydrogens (tertiary/aromatic N) is 1. The highest BCUT2D eigenvalue weighted by Crippen LogP contribution is 2.30. The van der Waals surface area contributed by atoms with E-state index in [1.54, 1.807) is 0 Å². The Balaban J connectivity index is 2.64. The van der Waals surface area contributed by atoms with Crippen LogP contribution < -0.4 is 0 Å².